The molecule has 1 aliphatic carbocycles. The Bertz CT molecular complexity index is 719. The summed E-state index contributed by atoms with van der Waals surface area (Å²) < 4.78 is 7.67. The number of ether oxygens (including phenoxy) is 1. The van der Waals surface area contributed by atoms with Crippen LogP contribution in [0.3, 0.4) is 0 Å². The normalized spacial score (nSPS) is 25.6. The van der Waals surface area contributed by atoms with Crippen molar-refractivity contribution >= 4 is 5.91 Å². The van der Waals surface area contributed by atoms with Gasteiger partial charge in [0.25, 0.3) is 5.91 Å². The molecule has 5 nitrogen and oxygen atoms in total. The average Bonchev–Trinajstić information content (AvgIpc) is 3.25. The van der Waals surface area contributed by atoms with E-state index in [1.165, 1.54) is 11.3 Å². The van der Waals surface area contributed by atoms with Gasteiger partial charge < -0.3 is 10.1 Å². The molecular formula is C20H25N3O2. The highest BCUT2D eigenvalue weighted by Gasteiger charge is 2.33. The van der Waals surface area contributed by atoms with Gasteiger partial charge in [0.1, 0.15) is 5.69 Å². The topological polar surface area (TPSA) is 56.1 Å². The molecule has 1 aromatic carbocycles. The molecular weight excluding hydrogens is 314 g/mol. The van der Waals surface area contributed by atoms with Crippen LogP contribution in [0.15, 0.2) is 36.4 Å². The molecule has 0 radical (unpaired) electrons. The van der Waals surface area contributed by atoms with E-state index < -0.39 is 0 Å². The van der Waals surface area contributed by atoms with Gasteiger partial charge in [-0.15, -0.1) is 0 Å². The first-order valence-electron chi connectivity index (χ1n) is 9.20. The van der Waals surface area contributed by atoms with Crippen molar-refractivity contribution in [3.63, 3.8) is 0 Å². The molecule has 0 spiro atoms. The van der Waals surface area contributed by atoms with Gasteiger partial charge in [-0.25, -0.2) is 0 Å². The van der Waals surface area contributed by atoms with Crippen LogP contribution in [0.2, 0.25) is 0 Å². The fourth-order valence-electron chi connectivity index (χ4n) is 4.20. The van der Waals surface area contributed by atoms with Crippen molar-refractivity contribution in [3.05, 3.63) is 53.3 Å². The summed E-state index contributed by atoms with van der Waals surface area (Å²) in [4.78, 5) is 12.6. The second-order valence-electron chi connectivity index (χ2n) is 7.12. The number of aromatic nitrogens is 2. The third-order valence-electron chi connectivity index (χ3n) is 5.58. The van der Waals surface area contributed by atoms with Gasteiger partial charge in [0.2, 0.25) is 0 Å². The van der Waals surface area contributed by atoms with Crippen LogP contribution >= 0.6 is 0 Å². The Balaban J connectivity index is 1.41. The molecule has 3 atom stereocenters. The minimum Gasteiger partial charge on any atom is -0.379 e. The molecule has 5 heteroatoms. The lowest BCUT2D eigenvalue weighted by Gasteiger charge is -2.35. The highest BCUT2D eigenvalue weighted by Crippen LogP contribution is 2.34. The molecule has 0 unspecified atom stereocenters. The quantitative estimate of drug-likeness (QED) is 0.932. The highest BCUT2D eigenvalue weighted by atomic mass is 16.5. The Morgan fingerprint density at radius 2 is 2.12 bits per heavy atom. The fraction of sp³-hybridized carbons (Fsp3) is 0.500. The Hall–Kier alpha value is -2.14. The summed E-state index contributed by atoms with van der Waals surface area (Å²) in [7, 11) is 1.74. The Morgan fingerprint density at radius 1 is 1.28 bits per heavy atom. The number of hydrogen-bond acceptors (Lipinski definition) is 3. The van der Waals surface area contributed by atoms with Gasteiger partial charge in [0.15, 0.2) is 0 Å². The van der Waals surface area contributed by atoms with Gasteiger partial charge in [-0.2, -0.15) is 5.10 Å². The summed E-state index contributed by atoms with van der Waals surface area (Å²) in [5, 5.41) is 7.59. The molecule has 2 aliphatic rings. The van der Waals surface area contributed by atoms with Crippen molar-refractivity contribution < 1.29 is 9.53 Å². The molecule has 1 aromatic heterocycles. The van der Waals surface area contributed by atoms with Gasteiger partial charge in [-0.05, 0) is 49.7 Å². The number of aryl methyl sites for hydroxylation is 2. The van der Waals surface area contributed by atoms with Crippen LogP contribution in [-0.2, 0) is 17.7 Å². The summed E-state index contributed by atoms with van der Waals surface area (Å²) in [6.07, 6.45) is 5.11. The maximum atomic E-state index is 12.6. The molecule has 0 saturated heterocycles. The first-order valence-corrected chi connectivity index (χ1v) is 9.20. The molecule has 2 aromatic rings. The van der Waals surface area contributed by atoms with Gasteiger partial charge >= 0.3 is 0 Å². The predicted octanol–water partition coefficient (Wildman–Crippen LogP) is 2.91. The van der Waals surface area contributed by atoms with Crippen LogP contribution in [0.4, 0.5) is 0 Å². The Labute approximate surface area is 148 Å². The van der Waals surface area contributed by atoms with Crippen LogP contribution in [-0.4, -0.2) is 34.9 Å². The van der Waals surface area contributed by atoms with E-state index in [9.17, 15) is 4.79 Å². The van der Waals surface area contributed by atoms with Gasteiger partial charge in [0.05, 0.1) is 12.1 Å². The average molecular weight is 339 g/mol. The van der Waals surface area contributed by atoms with Crippen LogP contribution in [0.25, 0.3) is 0 Å². The molecule has 132 valence electrons. The fourth-order valence-corrected chi connectivity index (χ4v) is 4.20. The van der Waals surface area contributed by atoms with E-state index in [-0.39, 0.29) is 18.1 Å². The molecule has 25 heavy (non-hydrogen) atoms. The Morgan fingerprint density at radius 3 is 2.88 bits per heavy atom. The standard InChI is InChI=1S/C20H25N3O2/c1-25-19-12-15(14-6-3-2-4-7-14)9-10-17(19)21-20(24)18-13-16-8-5-11-23(16)22-18/h2-4,6-7,13,15,17,19H,5,8-12H2,1H3,(H,21,24)/t15-,17-,19-/m1/s1. The van der Waals surface area contributed by atoms with Crippen molar-refractivity contribution in [2.75, 3.05) is 7.11 Å². The molecule has 1 amide bonds. The second-order valence-corrected chi connectivity index (χ2v) is 7.12. The van der Waals surface area contributed by atoms with Gasteiger partial charge in [-0.1, -0.05) is 30.3 Å². The summed E-state index contributed by atoms with van der Waals surface area (Å²) >= 11 is 0. The van der Waals surface area contributed by atoms with E-state index in [1.54, 1.807) is 7.11 Å². The van der Waals surface area contributed by atoms with E-state index in [0.717, 1.165) is 38.6 Å². The lowest BCUT2D eigenvalue weighted by atomic mass is 9.80. The summed E-state index contributed by atoms with van der Waals surface area (Å²) in [5.74, 6) is 0.419. The van der Waals surface area contributed by atoms with Crippen molar-refractivity contribution in [1.82, 2.24) is 15.1 Å². The number of benzene rings is 1. The lowest BCUT2D eigenvalue weighted by Crippen LogP contribution is -2.47. The number of methoxy groups -OCH3 is 1. The number of amides is 1. The van der Waals surface area contributed by atoms with Crippen LogP contribution in [0, 0.1) is 0 Å². The molecule has 0 bridgehead atoms. The van der Waals surface area contributed by atoms with Crippen molar-refractivity contribution in [3.8, 4) is 0 Å². The number of carbonyl (C=O) groups excluding carboxylic acids is 1. The largest absolute Gasteiger partial charge is 0.379 e. The minimum absolute atomic E-state index is 0.0392. The number of nitrogens with one attached hydrogen (secondary N) is 1. The van der Waals surface area contributed by atoms with Crippen molar-refractivity contribution in [2.45, 2.75) is 56.7 Å². The molecule has 1 saturated carbocycles. The molecule has 1 aliphatic heterocycles. The Kier molecular flexibility index (Phi) is 4.57. The lowest BCUT2D eigenvalue weighted by molar-refractivity contribution is 0.0329. The summed E-state index contributed by atoms with van der Waals surface area (Å²) in [5.41, 5.74) is 3.07. The summed E-state index contributed by atoms with van der Waals surface area (Å²) in [6.45, 7) is 0.922. The maximum absolute atomic E-state index is 12.6. The number of rotatable bonds is 4. The number of nitrogens with zero attached hydrogens (tertiary/aromatic N) is 2. The maximum Gasteiger partial charge on any atom is 0.272 e. The minimum atomic E-state index is -0.0767. The highest BCUT2D eigenvalue weighted by molar-refractivity contribution is 5.92. The van der Waals surface area contributed by atoms with Crippen molar-refractivity contribution in [1.29, 1.82) is 0 Å². The van der Waals surface area contributed by atoms with Crippen LogP contribution in [0.5, 0.6) is 0 Å². The van der Waals surface area contributed by atoms with Crippen LogP contribution < -0.4 is 5.32 Å². The zero-order chi connectivity index (χ0) is 17.2. The molecule has 2 heterocycles. The smallest absolute Gasteiger partial charge is 0.272 e. The third-order valence-corrected chi connectivity index (χ3v) is 5.58. The van der Waals surface area contributed by atoms with Gasteiger partial charge in [0, 0.05) is 19.3 Å². The number of hydrogen-bond donors (Lipinski definition) is 1. The van der Waals surface area contributed by atoms with E-state index >= 15 is 0 Å². The SMILES string of the molecule is CO[C@@H]1C[C@H](c2ccccc2)CC[C@H]1NC(=O)c1cc2n(n1)CCC2. The zero-order valence-corrected chi connectivity index (χ0v) is 14.6. The van der Waals surface area contributed by atoms with E-state index in [2.05, 4.69) is 34.7 Å². The monoisotopic (exact) mass is 339 g/mol. The second kappa shape index (κ2) is 7.00. The molecule has 1 N–H and O–H groups in total. The van der Waals surface area contributed by atoms with Gasteiger partial charge in [-0.3, -0.25) is 9.48 Å². The van der Waals surface area contributed by atoms with Crippen molar-refractivity contribution in [2.24, 2.45) is 0 Å². The van der Waals surface area contributed by atoms with E-state index in [1.807, 2.05) is 16.8 Å². The summed E-state index contributed by atoms with van der Waals surface area (Å²) in [6, 6.07) is 12.6. The number of carbonyl (C=O) groups is 1. The van der Waals surface area contributed by atoms with Crippen LogP contribution in [0.1, 0.15) is 53.3 Å². The molecule has 1 fully saturated rings. The first kappa shape index (κ1) is 16.3. The number of fused-ring (bicyclic) bond motifs is 1. The predicted molar refractivity (Wildman–Crippen MR) is 95.6 cm³/mol. The van der Waals surface area contributed by atoms with E-state index in [0.29, 0.717) is 11.6 Å². The first-order chi connectivity index (χ1) is 12.2. The zero-order valence-electron chi connectivity index (χ0n) is 14.6. The molecule has 4 rings (SSSR count). The third kappa shape index (κ3) is 3.33. The van der Waals surface area contributed by atoms with E-state index in [4.69, 9.17) is 4.74 Å².